The van der Waals surface area contributed by atoms with Crippen LogP contribution in [0.15, 0.2) is 48.7 Å². The van der Waals surface area contributed by atoms with Crippen LogP contribution in [0, 0.1) is 0 Å². The van der Waals surface area contributed by atoms with Crippen LogP contribution in [0.2, 0.25) is 0 Å². The van der Waals surface area contributed by atoms with Crippen LogP contribution in [-0.2, 0) is 13.1 Å². The highest BCUT2D eigenvalue weighted by Crippen LogP contribution is 2.32. The third kappa shape index (κ3) is 4.66. The van der Waals surface area contributed by atoms with Gasteiger partial charge in [0.15, 0.2) is 11.5 Å². The smallest absolute Gasteiger partial charge is 0.161 e. The number of pyridine rings is 1. The number of aromatic nitrogens is 1. The number of ether oxygens (including phenoxy) is 3. The molecule has 6 nitrogen and oxygen atoms in total. The molecule has 1 aromatic heterocycles. The summed E-state index contributed by atoms with van der Waals surface area (Å²) in [6.07, 6.45) is 7.14. The van der Waals surface area contributed by atoms with E-state index in [9.17, 15) is 0 Å². The van der Waals surface area contributed by atoms with Crippen molar-refractivity contribution >= 4 is 10.9 Å². The second-order valence-electron chi connectivity index (χ2n) is 8.55. The van der Waals surface area contributed by atoms with Crippen molar-refractivity contribution in [3.63, 3.8) is 0 Å². The molecule has 6 heteroatoms. The molecular weight excluding hydrogens is 402 g/mol. The van der Waals surface area contributed by atoms with E-state index in [-0.39, 0.29) is 0 Å². The zero-order valence-electron chi connectivity index (χ0n) is 18.7. The lowest BCUT2D eigenvalue weighted by atomic mass is 10.1. The molecule has 2 aromatic carbocycles. The quantitative estimate of drug-likeness (QED) is 0.618. The van der Waals surface area contributed by atoms with Crippen LogP contribution >= 0.6 is 0 Å². The summed E-state index contributed by atoms with van der Waals surface area (Å²) in [6.45, 7) is 4.04. The SMILES string of the molecule is COc1ccc2nccc(CNC3CCCCCN3Cc3ccc4c(c3)OCCO4)c2c1. The number of nitrogens with one attached hydrogen (secondary N) is 1. The molecule has 3 aromatic rings. The maximum atomic E-state index is 5.79. The fourth-order valence-corrected chi connectivity index (χ4v) is 4.70. The minimum atomic E-state index is 0.333. The number of hydrogen-bond acceptors (Lipinski definition) is 6. The summed E-state index contributed by atoms with van der Waals surface area (Å²) >= 11 is 0. The molecule has 1 N–H and O–H groups in total. The van der Waals surface area contributed by atoms with Gasteiger partial charge in [-0.15, -0.1) is 0 Å². The number of fused-ring (bicyclic) bond motifs is 2. The van der Waals surface area contributed by atoms with Crippen LogP contribution in [-0.4, -0.2) is 42.9 Å². The molecule has 0 radical (unpaired) electrons. The van der Waals surface area contributed by atoms with E-state index in [4.69, 9.17) is 14.2 Å². The highest BCUT2D eigenvalue weighted by molar-refractivity contribution is 5.83. The maximum absolute atomic E-state index is 5.79. The molecule has 2 aliphatic heterocycles. The van der Waals surface area contributed by atoms with Gasteiger partial charge in [-0.25, -0.2) is 0 Å². The van der Waals surface area contributed by atoms with Gasteiger partial charge in [0, 0.05) is 24.7 Å². The molecule has 0 bridgehead atoms. The first-order valence-corrected chi connectivity index (χ1v) is 11.6. The lowest BCUT2D eigenvalue weighted by molar-refractivity contribution is 0.155. The number of likely N-dealkylation sites (tertiary alicyclic amines) is 1. The fraction of sp³-hybridized carbons (Fsp3) is 0.423. The summed E-state index contributed by atoms with van der Waals surface area (Å²) in [6, 6.07) is 14.5. The summed E-state index contributed by atoms with van der Waals surface area (Å²) in [4.78, 5) is 7.09. The van der Waals surface area contributed by atoms with Crippen LogP contribution in [0.5, 0.6) is 17.2 Å². The van der Waals surface area contributed by atoms with Gasteiger partial charge in [-0.05, 0) is 66.9 Å². The predicted molar refractivity (Wildman–Crippen MR) is 125 cm³/mol. The van der Waals surface area contributed by atoms with Crippen molar-refractivity contribution in [2.45, 2.75) is 44.9 Å². The van der Waals surface area contributed by atoms with Gasteiger partial charge in [-0.3, -0.25) is 15.2 Å². The van der Waals surface area contributed by atoms with E-state index in [1.165, 1.54) is 30.4 Å². The summed E-state index contributed by atoms with van der Waals surface area (Å²) < 4.78 is 16.9. The molecule has 1 saturated heterocycles. The van der Waals surface area contributed by atoms with Gasteiger partial charge in [-0.1, -0.05) is 18.9 Å². The van der Waals surface area contributed by atoms with Gasteiger partial charge < -0.3 is 14.2 Å². The van der Waals surface area contributed by atoms with Gasteiger partial charge in [0.25, 0.3) is 0 Å². The van der Waals surface area contributed by atoms with Crippen LogP contribution in [0.3, 0.4) is 0 Å². The Bertz CT molecular complexity index is 1070. The first-order chi connectivity index (χ1) is 15.8. The van der Waals surface area contributed by atoms with Gasteiger partial charge >= 0.3 is 0 Å². The number of methoxy groups -OCH3 is 1. The molecule has 32 heavy (non-hydrogen) atoms. The van der Waals surface area contributed by atoms with Gasteiger partial charge in [0.05, 0.1) is 18.8 Å². The molecule has 0 aliphatic carbocycles. The zero-order chi connectivity index (χ0) is 21.8. The summed E-state index contributed by atoms with van der Waals surface area (Å²) in [5.41, 5.74) is 3.51. The van der Waals surface area contributed by atoms with E-state index < -0.39 is 0 Å². The second-order valence-corrected chi connectivity index (χ2v) is 8.55. The van der Waals surface area contributed by atoms with E-state index in [0.717, 1.165) is 54.2 Å². The third-order valence-electron chi connectivity index (χ3n) is 6.42. The molecule has 1 atom stereocenters. The molecule has 3 heterocycles. The van der Waals surface area contributed by atoms with E-state index in [1.54, 1.807) is 7.11 Å². The normalized spacial score (nSPS) is 19.0. The molecular formula is C26H31N3O3. The Hall–Kier alpha value is -2.83. The topological polar surface area (TPSA) is 55.9 Å². The molecule has 0 saturated carbocycles. The second kappa shape index (κ2) is 9.76. The number of rotatable bonds is 6. The van der Waals surface area contributed by atoms with Crippen molar-refractivity contribution < 1.29 is 14.2 Å². The molecule has 5 rings (SSSR count). The highest BCUT2D eigenvalue weighted by Gasteiger charge is 2.22. The summed E-state index contributed by atoms with van der Waals surface area (Å²) in [5, 5.41) is 4.99. The van der Waals surface area contributed by atoms with Gasteiger partial charge in [-0.2, -0.15) is 0 Å². The van der Waals surface area contributed by atoms with Gasteiger partial charge in [0.1, 0.15) is 19.0 Å². The van der Waals surface area contributed by atoms with E-state index in [2.05, 4.69) is 39.5 Å². The van der Waals surface area contributed by atoms with Crippen LogP contribution in [0.1, 0.15) is 36.8 Å². The molecule has 1 unspecified atom stereocenters. The Morgan fingerprint density at radius 3 is 2.84 bits per heavy atom. The largest absolute Gasteiger partial charge is 0.497 e. The fourth-order valence-electron chi connectivity index (χ4n) is 4.70. The Morgan fingerprint density at radius 2 is 1.94 bits per heavy atom. The van der Waals surface area contributed by atoms with Crippen molar-refractivity contribution in [3.05, 3.63) is 59.8 Å². The van der Waals surface area contributed by atoms with Crippen LogP contribution in [0.25, 0.3) is 10.9 Å². The van der Waals surface area contributed by atoms with Crippen molar-refractivity contribution in [1.82, 2.24) is 15.2 Å². The number of nitrogens with zero attached hydrogens (tertiary/aromatic N) is 2. The lowest BCUT2D eigenvalue weighted by Crippen LogP contribution is -2.44. The average molecular weight is 434 g/mol. The van der Waals surface area contributed by atoms with Crippen molar-refractivity contribution in [2.75, 3.05) is 26.9 Å². The standard InChI is InChI=1S/C26H31N3O3/c1-30-21-7-8-23-22(16-21)20(10-11-27-23)17-28-26-5-3-2-4-12-29(26)18-19-6-9-24-25(15-19)32-14-13-31-24/h6-11,15-16,26,28H,2-5,12-14,17-18H2,1H3. The Morgan fingerprint density at radius 1 is 1.03 bits per heavy atom. The van der Waals surface area contributed by atoms with Crippen LogP contribution in [0.4, 0.5) is 0 Å². The van der Waals surface area contributed by atoms with Crippen molar-refractivity contribution in [1.29, 1.82) is 0 Å². The van der Waals surface area contributed by atoms with E-state index in [0.29, 0.717) is 19.4 Å². The first kappa shape index (κ1) is 21.0. The minimum Gasteiger partial charge on any atom is -0.497 e. The van der Waals surface area contributed by atoms with Gasteiger partial charge in [0.2, 0.25) is 0 Å². The summed E-state index contributed by atoms with van der Waals surface area (Å²) in [7, 11) is 1.71. The minimum absolute atomic E-state index is 0.333. The number of hydrogen-bond donors (Lipinski definition) is 1. The molecule has 0 spiro atoms. The molecule has 1 fully saturated rings. The third-order valence-corrected chi connectivity index (χ3v) is 6.42. The Labute approximate surface area is 189 Å². The lowest BCUT2D eigenvalue weighted by Gasteiger charge is -2.31. The van der Waals surface area contributed by atoms with E-state index >= 15 is 0 Å². The van der Waals surface area contributed by atoms with Crippen molar-refractivity contribution in [2.24, 2.45) is 0 Å². The Kier molecular flexibility index (Phi) is 6.41. The molecule has 0 amide bonds. The first-order valence-electron chi connectivity index (χ1n) is 11.6. The van der Waals surface area contributed by atoms with E-state index in [1.807, 2.05) is 24.4 Å². The maximum Gasteiger partial charge on any atom is 0.161 e. The average Bonchev–Trinajstić information content (AvgIpc) is 3.07. The predicted octanol–water partition coefficient (Wildman–Crippen LogP) is 4.51. The highest BCUT2D eigenvalue weighted by atomic mass is 16.6. The summed E-state index contributed by atoms with van der Waals surface area (Å²) in [5.74, 6) is 2.58. The molecule has 2 aliphatic rings. The zero-order valence-corrected chi connectivity index (χ0v) is 18.7. The molecule has 168 valence electrons. The number of benzene rings is 2. The monoisotopic (exact) mass is 433 g/mol. The van der Waals surface area contributed by atoms with Crippen molar-refractivity contribution in [3.8, 4) is 17.2 Å². The Balaban J connectivity index is 1.32. The van der Waals surface area contributed by atoms with Crippen LogP contribution < -0.4 is 19.5 Å².